The Morgan fingerprint density at radius 2 is 1.55 bits per heavy atom. The summed E-state index contributed by atoms with van der Waals surface area (Å²) in [5.74, 6) is 1.03. The van der Waals surface area contributed by atoms with Gasteiger partial charge in [0.15, 0.2) is 0 Å². The molecule has 2 rings (SSSR count). The molecule has 2 heterocycles. The van der Waals surface area contributed by atoms with Gasteiger partial charge in [0.25, 0.3) is 0 Å². The van der Waals surface area contributed by atoms with E-state index in [2.05, 4.69) is 21.3 Å². The molecule has 0 aromatic heterocycles. The summed E-state index contributed by atoms with van der Waals surface area (Å²) in [5, 5.41) is 12.1. The van der Waals surface area contributed by atoms with Crippen LogP contribution >= 0.6 is 11.8 Å². The molecule has 2 aliphatic heterocycles. The maximum absolute atomic E-state index is 11.9. The number of carbonyl (C=O) groups is 3. The maximum atomic E-state index is 11.9. The standard InChI is InChI=1S/C22H40N4O6S/c1-17(27)23-8-4-10-30-12-14-32-15-13-31-11-5-9-24-20(28)7-3-2-6-19-21-18(16-33-19)25-22(29)26-21/h18-19,21H,2-16H2,1H3,(H,23,27)(H,24,28)(H2,25,26,29)/t18-,19-,21+/m1/s1. The van der Waals surface area contributed by atoms with E-state index in [0.29, 0.717) is 64.4 Å². The van der Waals surface area contributed by atoms with Crippen molar-refractivity contribution in [2.75, 3.05) is 58.5 Å². The number of hydrogen-bond donors (Lipinski definition) is 4. The van der Waals surface area contributed by atoms with E-state index in [-0.39, 0.29) is 29.9 Å². The average molecular weight is 489 g/mol. The minimum Gasteiger partial charge on any atom is -0.379 e. The molecule has 0 radical (unpaired) electrons. The summed E-state index contributed by atoms with van der Waals surface area (Å²) in [4.78, 5) is 34.0. The van der Waals surface area contributed by atoms with Crippen molar-refractivity contribution in [3.63, 3.8) is 0 Å². The number of rotatable bonds is 19. The van der Waals surface area contributed by atoms with Crippen LogP contribution in [0.3, 0.4) is 0 Å². The van der Waals surface area contributed by atoms with Crippen molar-refractivity contribution in [1.82, 2.24) is 21.3 Å². The van der Waals surface area contributed by atoms with Crippen molar-refractivity contribution in [2.45, 2.75) is 62.8 Å². The van der Waals surface area contributed by atoms with E-state index in [1.54, 1.807) is 0 Å². The van der Waals surface area contributed by atoms with Crippen molar-refractivity contribution in [3.05, 3.63) is 0 Å². The Labute approximate surface area is 201 Å². The molecule has 4 amide bonds. The van der Waals surface area contributed by atoms with Gasteiger partial charge in [0, 0.05) is 50.7 Å². The largest absolute Gasteiger partial charge is 0.379 e. The molecule has 2 fully saturated rings. The van der Waals surface area contributed by atoms with Crippen LogP contribution in [0.1, 0.15) is 45.4 Å². The molecule has 33 heavy (non-hydrogen) atoms. The summed E-state index contributed by atoms with van der Waals surface area (Å²) in [6.45, 7) is 6.02. The van der Waals surface area contributed by atoms with E-state index in [1.807, 2.05) is 11.8 Å². The van der Waals surface area contributed by atoms with Crippen LogP contribution < -0.4 is 21.3 Å². The second-order valence-corrected chi connectivity index (χ2v) is 9.52. The monoisotopic (exact) mass is 488 g/mol. The quantitative estimate of drug-likeness (QED) is 0.156. The number of fused-ring (bicyclic) bond motifs is 1. The molecule has 0 aliphatic carbocycles. The summed E-state index contributed by atoms with van der Waals surface area (Å²) in [6.07, 6.45) is 5.00. The molecule has 0 aromatic rings. The first-order chi connectivity index (χ1) is 16.1. The lowest BCUT2D eigenvalue weighted by molar-refractivity contribution is -0.121. The molecular formula is C22H40N4O6S. The zero-order valence-corrected chi connectivity index (χ0v) is 20.5. The highest BCUT2D eigenvalue weighted by Gasteiger charge is 2.42. The third-order valence-electron chi connectivity index (χ3n) is 5.45. The van der Waals surface area contributed by atoms with Gasteiger partial charge in [-0.2, -0.15) is 11.8 Å². The van der Waals surface area contributed by atoms with Gasteiger partial charge in [-0.1, -0.05) is 6.42 Å². The maximum Gasteiger partial charge on any atom is 0.315 e. The Balaban J connectivity index is 1.28. The number of thioether (sulfide) groups is 1. The van der Waals surface area contributed by atoms with Gasteiger partial charge in [0.1, 0.15) is 0 Å². The van der Waals surface area contributed by atoms with E-state index < -0.39 is 0 Å². The van der Waals surface area contributed by atoms with E-state index in [1.165, 1.54) is 6.92 Å². The van der Waals surface area contributed by atoms with Crippen LogP contribution in [-0.2, 0) is 23.8 Å². The van der Waals surface area contributed by atoms with E-state index in [0.717, 1.165) is 37.9 Å². The molecule has 0 unspecified atom stereocenters. The molecule has 0 aromatic carbocycles. The fourth-order valence-electron chi connectivity index (χ4n) is 3.75. The van der Waals surface area contributed by atoms with Crippen LogP contribution in [0.15, 0.2) is 0 Å². The lowest BCUT2D eigenvalue weighted by atomic mass is 10.0. The number of carbonyl (C=O) groups excluding carboxylic acids is 3. The predicted octanol–water partition coefficient (Wildman–Crippen LogP) is 0.795. The number of ether oxygens (including phenoxy) is 3. The minimum absolute atomic E-state index is 0.0241. The Hall–Kier alpha value is -1.56. The van der Waals surface area contributed by atoms with Crippen LogP contribution in [0.25, 0.3) is 0 Å². The highest BCUT2D eigenvalue weighted by atomic mass is 32.2. The third kappa shape index (κ3) is 12.5. The molecule has 2 aliphatic rings. The van der Waals surface area contributed by atoms with Gasteiger partial charge in [-0.05, 0) is 25.7 Å². The molecule has 3 atom stereocenters. The number of amides is 4. The van der Waals surface area contributed by atoms with E-state index >= 15 is 0 Å². The van der Waals surface area contributed by atoms with Gasteiger partial charge in [-0.3, -0.25) is 9.59 Å². The Morgan fingerprint density at radius 1 is 0.909 bits per heavy atom. The first kappa shape index (κ1) is 27.7. The molecule has 4 N–H and O–H groups in total. The van der Waals surface area contributed by atoms with Gasteiger partial charge in [-0.15, -0.1) is 0 Å². The smallest absolute Gasteiger partial charge is 0.315 e. The lowest BCUT2D eigenvalue weighted by Crippen LogP contribution is -2.36. The number of nitrogens with one attached hydrogen (secondary N) is 4. The number of urea groups is 1. The van der Waals surface area contributed by atoms with Gasteiger partial charge < -0.3 is 35.5 Å². The van der Waals surface area contributed by atoms with Gasteiger partial charge in [-0.25, -0.2) is 4.79 Å². The summed E-state index contributed by atoms with van der Waals surface area (Å²) < 4.78 is 16.3. The molecule has 11 heteroatoms. The molecule has 190 valence electrons. The lowest BCUT2D eigenvalue weighted by Gasteiger charge is -2.16. The fraction of sp³-hybridized carbons (Fsp3) is 0.864. The summed E-state index contributed by atoms with van der Waals surface area (Å²) in [6, 6.07) is 0.447. The Kier molecular flexibility index (Phi) is 14.2. The normalized spacial score (nSPS) is 21.4. The van der Waals surface area contributed by atoms with Crippen molar-refractivity contribution >= 4 is 29.6 Å². The second-order valence-electron chi connectivity index (χ2n) is 8.24. The first-order valence-corrected chi connectivity index (χ1v) is 13.0. The molecule has 0 spiro atoms. The minimum atomic E-state index is -0.0522. The zero-order valence-electron chi connectivity index (χ0n) is 19.7. The SMILES string of the molecule is CC(=O)NCCCOCCOCCOCCCNC(=O)CCCC[C@H]1SC[C@H]2NC(=O)N[C@@H]21. The van der Waals surface area contributed by atoms with Crippen LogP contribution in [-0.4, -0.2) is 93.7 Å². The number of unbranched alkanes of at least 4 members (excludes halogenated alkanes) is 1. The number of hydrogen-bond acceptors (Lipinski definition) is 7. The molecule has 0 bridgehead atoms. The molecule has 0 saturated carbocycles. The fourth-order valence-corrected chi connectivity index (χ4v) is 5.29. The molecule has 2 saturated heterocycles. The topological polar surface area (TPSA) is 127 Å². The summed E-state index contributed by atoms with van der Waals surface area (Å²) in [7, 11) is 0. The van der Waals surface area contributed by atoms with Crippen LogP contribution in [0.5, 0.6) is 0 Å². The Morgan fingerprint density at radius 3 is 2.21 bits per heavy atom. The van der Waals surface area contributed by atoms with E-state index in [9.17, 15) is 14.4 Å². The summed E-state index contributed by atoms with van der Waals surface area (Å²) in [5.41, 5.74) is 0. The third-order valence-corrected chi connectivity index (χ3v) is 6.96. The van der Waals surface area contributed by atoms with Crippen LogP contribution in [0, 0.1) is 0 Å². The summed E-state index contributed by atoms with van der Waals surface area (Å²) >= 11 is 1.91. The van der Waals surface area contributed by atoms with Crippen molar-refractivity contribution in [3.8, 4) is 0 Å². The van der Waals surface area contributed by atoms with Crippen molar-refractivity contribution < 1.29 is 28.6 Å². The van der Waals surface area contributed by atoms with Crippen LogP contribution in [0.2, 0.25) is 0 Å². The molecular weight excluding hydrogens is 448 g/mol. The highest BCUT2D eigenvalue weighted by molar-refractivity contribution is 8.00. The average Bonchev–Trinajstić information content (AvgIpc) is 3.33. The second kappa shape index (κ2) is 17.0. The van der Waals surface area contributed by atoms with Gasteiger partial charge in [0.05, 0.1) is 38.5 Å². The van der Waals surface area contributed by atoms with Gasteiger partial charge in [0.2, 0.25) is 11.8 Å². The van der Waals surface area contributed by atoms with Crippen molar-refractivity contribution in [2.24, 2.45) is 0 Å². The van der Waals surface area contributed by atoms with Crippen LogP contribution in [0.4, 0.5) is 4.79 Å². The van der Waals surface area contributed by atoms with Gasteiger partial charge >= 0.3 is 6.03 Å². The van der Waals surface area contributed by atoms with E-state index in [4.69, 9.17) is 14.2 Å². The van der Waals surface area contributed by atoms with Crippen molar-refractivity contribution in [1.29, 1.82) is 0 Å². The first-order valence-electron chi connectivity index (χ1n) is 12.0. The predicted molar refractivity (Wildman–Crippen MR) is 127 cm³/mol. The molecule has 10 nitrogen and oxygen atoms in total. The highest BCUT2D eigenvalue weighted by Crippen LogP contribution is 2.33. The zero-order chi connectivity index (χ0) is 23.7. The Bertz CT molecular complexity index is 597.